The molecule has 0 radical (unpaired) electrons. The van der Waals surface area contributed by atoms with Gasteiger partial charge in [0.25, 0.3) is 11.6 Å². The minimum Gasteiger partial charge on any atom is -0.464 e. The number of nitrogens with zero attached hydrogens (tertiary/aromatic N) is 2. The third kappa shape index (κ3) is 7.36. The Morgan fingerprint density at radius 3 is 2.73 bits per heavy atom. The molecule has 1 aliphatic carbocycles. The van der Waals surface area contributed by atoms with Crippen LogP contribution in [0, 0.1) is 5.92 Å². The molecule has 180 valence electrons. The van der Waals surface area contributed by atoms with E-state index >= 15 is 0 Å². The van der Waals surface area contributed by atoms with Crippen LogP contribution in [-0.4, -0.2) is 48.0 Å². The van der Waals surface area contributed by atoms with Gasteiger partial charge < -0.3 is 10.1 Å². The molecule has 1 aromatic heterocycles. The zero-order chi connectivity index (χ0) is 23.2. The van der Waals surface area contributed by atoms with Crippen LogP contribution in [0.1, 0.15) is 48.2 Å². The normalized spacial score (nSPS) is 21.1. The predicted molar refractivity (Wildman–Crippen MR) is 126 cm³/mol. The van der Waals surface area contributed by atoms with E-state index in [1.165, 1.54) is 11.3 Å². The number of rotatable bonds is 9. The van der Waals surface area contributed by atoms with Crippen LogP contribution in [0.3, 0.4) is 0 Å². The molecule has 1 fully saturated rings. The van der Waals surface area contributed by atoms with E-state index in [0.29, 0.717) is 22.6 Å². The second-order valence-corrected chi connectivity index (χ2v) is 10.4. The summed E-state index contributed by atoms with van der Waals surface area (Å²) in [6, 6.07) is 7.68. The smallest absolute Gasteiger partial charge is 0.273 e. The summed E-state index contributed by atoms with van der Waals surface area (Å²) in [5.41, 5.74) is 1.95. The van der Waals surface area contributed by atoms with Crippen molar-refractivity contribution in [3.8, 4) is 5.19 Å². The van der Waals surface area contributed by atoms with Crippen LogP contribution in [-0.2, 0) is 24.2 Å². The summed E-state index contributed by atoms with van der Waals surface area (Å²) in [7, 11) is 0. The molecule has 2 heterocycles. The fourth-order valence-electron chi connectivity index (χ4n) is 4.64. The van der Waals surface area contributed by atoms with Gasteiger partial charge in [0, 0.05) is 29.0 Å². The number of hydrogen-bond donors (Lipinski definition) is 1. The number of carbonyl (C=O) groups excluding carboxylic acids is 1. The predicted octanol–water partition coefficient (Wildman–Crippen LogP) is 5.11. The van der Waals surface area contributed by atoms with E-state index in [4.69, 9.17) is 16.3 Å². The van der Waals surface area contributed by atoms with Crippen molar-refractivity contribution in [2.45, 2.75) is 64.0 Å². The molecule has 0 unspecified atom stereocenters. The van der Waals surface area contributed by atoms with E-state index in [1.54, 1.807) is 0 Å². The maximum absolute atomic E-state index is 12.4. The number of aromatic nitrogens is 1. The second-order valence-electron chi connectivity index (χ2n) is 8.95. The number of amides is 1. The first-order valence-corrected chi connectivity index (χ1v) is 12.8. The van der Waals surface area contributed by atoms with Crippen LogP contribution in [0.5, 0.6) is 5.19 Å². The molecule has 1 aliphatic heterocycles. The highest BCUT2D eigenvalue weighted by molar-refractivity contribution is 7.13. The van der Waals surface area contributed by atoms with Crippen molar-refractivity contribution in [3.63, 3.8) is 0 Å². The van der Waals surface area contributed by atoms with Crippen molar-refractivity contribution in [1.82, 2.24) is 15.2 Å². The third-order valence-corrected chi connectivity index (χ3v) is 7.79. The second kappa shape index (κ2) is 11.6. The van der Waals surface area contributed by atoms with Gasteiger partial charge in [0.1, 0.15) is 0 Å². The van der Waals surface area contributed by atoms with Crippen LogP contribution in [0.2, 0.25) is 5.02 Å². The SMILES string of the molecule is O=C(Cc1ccc(Cl)cc1)NC1CCC(CCN2CCc3sc(OCC(F)F)nc3C2)CC1. The lowest BCUT2D eigenvalue weighted by atomic mass is 9.84. The first-order valence-electron chi connectivity index (χ1n) is 11.6. The highest BCUT2D eigenvalue weighted by atomic mass is 35.5. The lowest BCUT2D eigenvalue weighted by molar-refractivity contribution is -0.121. The summed E-state index contributed by atoms with van der Waals surface area (Å²) in [4.78, 5) is 20.3. The maximum Gasteiger partial charge on any atom is 0.273 e. The van der Waals surface area contributed by atoms with Crippen molar-refractivity contribution in [3.05, 3.63) is 45.4 Å². The molecule has 33 heavy (non-hydrogen) atoms. The Morgan fingerprint density at radius 1 is 1.24 bits per heavy atom. The lowest BCUT2D eigenvalue weighted by Crippen LogP contribution is -2.39. The first kappa shape index (κ1) is 24.4. The third-order valence-electron chi connectivity index (χ3n) is 6.46. The minimum atomic E-state index is -2.48. The largest absolute Gasteiger partial charge is 0.464 e. The van der Waals surface area contributed by atoms with Gasteiger partial charge in [-0.2, -0.15) is 0 Å². The fourth-order valence-corrected chi connectivity index (χ4v) is 5.68. The van der Waals surface area contributed by atoms with Crippen LogP contribution in [0.4, 0.5) is 8.78 Å². The Hall–Kier alpha value is -1.77. The topological polar surface area (TPSA) is 54.5 Å². The summed E-state index contributed by atoms with van der Waals surface area (Å²) in [5.74, 6) is 0.751. The Morgan fingerprint density at radius 2 is 2.00 bits per heavy atom. The first-order chi connectivity index (χ1) is 15.9. The van der Waals surface area contributed by atoms with Gasteiger partial charge in [0.2, 0.25) is 5.91 Å². The number of fused-ring (bicyclic) bond motifs is 1. The molecule has 1 amide bonds. The van der Waals surface area contributed by atoms with Gasteiger partial charge in [0.15, 0.2) is 6.61 Å². The minimum absolute atomic E-state index is 0.0741. The monoisotopic (exact) mass is 497 g/mol. The van der Waals surface area contributed by atoms with Gasteiger partial charge in [-0.05, 0) is 68.7 Å². The summed E-state index contributed by atoms with van der Waals surface area (Å²) >= 11 is 7.30. The zero-order valence-electron chi connectivity index (χ0n) is 18.6. The van der Waals surface area contributed by atoms with Gasteiger partial charge in [0.05, 0.1) is 12.1 Å². The van der Waals surface area contributed by atoms with E-state index in [1.807, 2.05) is 24.3 Å². The molecular weight excluding hydrogens is 468 g/mol. The van der Waals surface area contributed by atoms with Crippen molar-refractivity contribution >= 4 is 28.8 Å². The van der Waals surface area contributed by atoms with E-state index in [0.717, 1.165) is 74.3 Å². The molecule has 4 rings (SSSR count). The molecule has 0 bridgehead atoms. The number of alkyl halides is 2. The Balaban J connectivity index is 1.14. The molecule has 1 saturated carbocycles. The summed E-state index contributed by atoms with van der Waals surface area (Å²) in [6.07, 6.45) is 4.27. The van der Waals surface area contributed by atoms with Crippen molar-refractivity contribution in [1.29, 1.82) is 0 Å². The molecule has 0 saturated heterocycles. The van der Waals surface area contributed by atoms with E-state index < -0.39 is 13.0 Å². The molecule has 0 atom stereocenters. The highest BCUT2D eigenvalue weighted by Gasteiger charge is 2.25. The Bertz CT molecular complexity index is 917. The molecule has 1 aromatic carbocycles. The van der Waals surface area contributed by atoms with E-state index in [9.17, 15) is 13.6 Å². The zero-order valence-corrected chi connectivity index (χ0v) is 20.1. The number of ether oxygens (including phenoxy) is 1. The van der Waals surface area contributed by atoms with Crippen LogP contribution < -0.4 is 10.1 Å². The van der Waals surface area contributed by atoms with Crippen molar-refractivity contribution in [2.75, 3.05) is 19.7 Å². The Kier molecular flexibility index (Phi) is 8.55. The molecule has 5 nitrogen and oxygen atoms in total. The van der Waals surface area contributed by atoms with Gasteiger partial charge in [-0.25, -0.2) is 13.8 Å². The van der Waals surface area contributed by atoms with Gasteiger partial charge in [-0.3, -0.25) is 9.69 Å². The lowest BCUT2D eigenvalue weighted by Gasteiger charge is -2.32. The number of benzene rings is 1. The number of thiazole rings is 1. The van der Waals surface area contributed by atoms with Crippen molar-refractivity contribution < 1.29 is 18.3 Å². The van der Waals surface area contributed by atoms with Gasteiger partial charge in [-0.15, -0.1) is 0 Å². The molecule has 0 spiro atoms. The molecule has 1 N–H and O–H groups in total. The van der Waals surface area contributed by atoms with Gasteiger partial charge >= 0.3 is 0 Å². The number of hydrogen-bond acceptors (Lipinski definition) is 5. The van der Waals surface area contributed by atoms with Gasteiger partial charge in [-0.1, -0.05) is 35.1 Å². The summed E-state index contributed by atoms with van der Waals surface area (Å²) in [6.45, 7) is 2.16. The highest BCUT2D eigenvalue weighted by Crippen LogP contribution is 2.31. The summed E-state index contributed by atoms with van der Waals surface area (Å²) < 4.78 is 29.8. The van der Waals surface area contributed by atoms with Crippen molar-refractivity contribution in [2.24, 2.45) is 5.92 Å². The molecule has 9 heteroatoms. The number of nitrogens with one attached hydrogen (secondary N) is 1. The van der Waals surface area contributed by atoms with E-state index in [-0.39, 0.29) is 11.9 Å². The van der Waals surface area contributed by atoms with Crippen LogP contribution in [0.25, 0.3) is 0 Å². The summed E-state index contributed by atoms with van der Waals surface area (Å²) in [5, 5.41) is 4.23. The van der Waals surface area contributed by atoms with E-state index in [2.05, 4.69) is 15.2 Å². The Labute approximate surface area is 202 Å². The standard InChI is InChI=1S/C24H30ClF2N3O2S/c25-18-5-1-17(2-6-18)13-23(31)28-19-7-3-16(4-8-19)9-11-30-12-10-21-20(14-30)29-24(33-21)32-15-22(26)27/h1-2,5-6,16,19,22H,3-4,7-15H2,(H,28,31). The maximum atomic E-state index is 12.4. The number of carbonyl (C=O) groups is 1. The molecule has 2 aromatic rings. The molecular formula is C24H30ClF2N3O2S. The average molecular weight is 498 g/mol. The molecule has 2 aliphatic rings. The quantitative estimate of drug-likeness (QED) is 0.523. The van der Waals surface area contributed by atoms with Crippen LogP contribution in [0.15, 0.2) is 24.3 Å². The van der Waals surface area contributed by atoms with Crippen LogP contribution >= 0.6 is 22.9 Å². The fraction of sp³-hybridized carbons (Fsp3) is 0.583. The number of halogens is 3. The average Bonchev–Trinajstić information content (AvgIpc) is 3.21.